The number of rotatable bonds is 10. The molecule has 0 radical (unpaired) electrons. The number of aryl methyl sites for hydroxylation is 1. The minimum atomic E-state index is -0.0718. The number of nitrogens with zero attached hydrogens (tertiary/aromatic N) is 4. The van der Waals surface area contributed by atoms with Gasteiger partial charge in [0.2, 0.25) is 0 Å². The predicted octanol–water partition coefficient (Wildman–Crippen LogP) is 4.82. The fourth-order valence-electron chi connectivity index (χ4n) is 5.04. The molecule has 3 heterocycles. The average molecular weight is 514 g/mol. The first-order chi connectivity index (χ1) is 18.6. The summed E-state index contributed by atoms with van der Waals surface area (Å²) in [5, 5.41) is 8.75. The van der Waals surface area contributed by atoms with Crippen LogP contribution < -0.4 is 10.1 Å². The number of aromatic nitrogens is 3. The number of ether oxygens (including phenoxy) is 2. The summed E-state index contributed by atoms with van der Waals surface area (Å²) >= 11 is 0. The molecule has 8 nitrogen and oxygen atoms in total. The van der Waals surface area contributed by atoms with Crippen molar-refractivity contribution in [3.05, 3.63) is 83.8 Å². The Bertz CT molecular complexity index is 1350. The third-order valence-corrected chi connectivity index (χ3v) is 7.21. The van der Waals surface area contributed by atoms with Gasteiger partial charge in [0.25, 0.3) is 5.91 Å². The summed E-state index contributed by atoms with van der Waals surface area (Å²) in [6, 6.07) is 15.9. The van der Waals surface area contributed by atoms with E-state index in [1.807, 2.05) is 43.3 Å². The number of nitrogens with one attached hydrogen (secondary N) is 1. The molecule has 0 unspecified atom stereocenters. The standard InChI is InChI=1S/C30H35N5O3/c1-22-27(30(36)32-15-18-37-2)7-8-29-28(22)21-35(33-29)20-24-11-16-34(17-12-24)19-23-3-5-25(6-4-23)38-26-9-13-31-14-10-26/h3-10,13-14,21,24H,11-12,15-20H2,1-2H3,(H,32,36). The van der Waals surface area contributed by atoms with Crippen molar-refractivity contribution in [2.24, 2.45) is 5.92 Å². The number of pyridine rings is 1. The molecule has 2 aromatic carbocycles. The Morgan fingerprint density at radius 2 is 1.76 bits per heavy atom. The number of carbonyl (C=O) groups is 1. The molecule has 1 N–H and O–H groups in total. The van der Waals surface area contributed by atoms with Gasteiger partial charge in [0.05, 0.1) is 12.1 Å². The van der Waals surface area contributed by atoms with Crippen molar-refractivity contribution >= 4 is 16.8 Å². The number of amides is 1. The lowest BCUT2D eigenvalue weighted by Gasteiger charge is -2.32. The van der Waals surface area contributed by atoms with Crippen LogP contribution in [0.3, 0.4) is 0 Å². The van der Waals surface area contributed by atoms with Crippen LogP contribution in [-0.2, 0) is 17.8 Å². The monoisotopic (exact) mass is 513 g/mol. The molecule has 2 aromatic heterocycles. The van der Waals surface area contributed by atoms with Crippen molar-refractivity contribution < 1.29 is 14.3 Å². The molecule has 8 heteroatoms. The predicted molar refractivity (Wildman–Crippen MR) is 147 cm³/mol. The first-order valence-electron chi connectivity index (χ1n) is 13.2. The summed E-state index contributed by atoms with van der Waals surface area (Å²) in [5.74, 6) is 2.14. The van der Waals surface area contributed by atoms with Gasteiger partial charge in [0, 0.05) is 56.3 Å². The van der Waals surface area contributed by atoms with E-state index in [9.17, 15) is 4.79 Å². The van der Waals surface area contributed by atoms with Crippen molar-refractivity contribution in [1.82, 2.24) is 25.0 Å². The number of piperidine rings is 1. The number of fused-ring (bicyclic) bond motifs is 1. The quantitative estimate of drug-likeness (QED) is 0.306. The number of likely N-dealkylation sites (tertiary alicyclic amines) is 1. The van der Waals surface area contributed by atoms with Crippen LogP contribution >= 0.6 is 0 Å². The minimum Gasteiger partial charge on any atom is -0.457 e. The normalized spacial score (nSPS) is 14.6. The lowest BCUT2D eigenvalue weighted by atomic mass is 9.96. The summed E-state index contributed by atoms with van der Waals surface area (Å²) in [4.78, 5) is 19.1. The second-order valence-electron chi connectivity index (χ2n) is 9.92. The molecule has 4 aromatic rings. The van der Waals surface area contributed by atoms with Crippen LogP contribution in [0.2, 0.25) is 0 Å². The van der Waals surface area contributed by atoms with E-state index in [0.717, 1.165) is 67.0 Å². The van der Waals surface area contributed by atoms with Gasteiger partial charge in [0.1, 0.15) is 11.5 Å². The van der Waals surface area contributed by atoms with Crippen LogP contribution in [0.5, 0.6) is 11.5 Å². The van der Waals surface area contributed by atoms with Crippen molar-refractivity contribution in [2.75, 3.05) is 33.4 Å². The van der Waals surface area contributed by atoms with Crippen LogP contribution in [0.25, 0.3) is 10.9 Å². The largest absolute Gasteiger partial charge is 0.457 e. The third kappa shape index (κ3) is 6.38. The zero-order chi connectivity index (χ0) is 26.3. The fraction of sp³-hybridized carbons (Fsp3) is 0.367. The van der Waals surface area contributed by atoms with E-state index >= 15 is 0 Å². The Labute approximate surface area is 223 Å². The molecule has 198 valence electrons. The van der Waals surface area contributed by atoms with Crippen LogP contribution in [0, 0.1) is 12.8 Å². The molecule has 0 saturated carbocycles. The molecular formula is C30H35N5O3. The number of hydrogen-bond acceptors (Lipinski definition) is 6. The van der Waals surface area contributed by atoms with Gasteiger partial charge in [-0.3, -0.25) is 19.4 Å². The zero-order valence-electron chi connectivity index (χ0n) is 22.1. The molecular weight excluding hydrogens is 478 g/mol. The van der Waals surface area contributed by atoms with Gasteiger partial charge in [-0.2, -0.15) is 5.10 Å². The van der Waals surface area contributed by atoms with E-state index in [1.54, 1.807) is 19.5 Å². The maximum Gasteiger partial charge on any atom is 0.251 e. The van der Waals surface area contributed by atoms with Crippen molar-refractivity contribution in [3.8, 4) is 11.5 Å². The van der Waals surface area contributed by atoms with E-state index < -0.39 is 0 Å². The topological polar surface area (TPSA) is 81.5 Å². The summed E-state index contributed by atoms with van der Waals surface area (Å²) in [6.07, 6.45) is 7.84. The van der Waals surface area contributed by atoms with Crippen molar-refractivity contribution in [3.63, 3.8) is 0 Å². The first-order valence-corrected chi connectivity index (χ1v) is 13.2. The highest BCUT2D eigenvalue weighted by atomic mass is 16.5. The Morgan fingerprint density at radius 3 is 2.50 bits per heavy atom. The van der Waals surface area contributed by atoms with E-state index in [1.165, 1.54) is 5.56 Å². The number of carbonyl (C=O) groups excluding carboxylic acids is 1. The maximum atomic E-state index is 12.6. The van der Waals surface area contributed by atoms with Gasteiger partial charge in [-0.25, -0.2) is 0 Å². The van der Waals surface area contributed by atoms with Gasteiger partial charge in [-0.05, 0) is 86.3 Å². The summed E-state index contributed by atoms with van der Waals surface area (Å²) in [7, 11) is 1.63. The molecule has 1 amide bonds. The Balaban J connectivity index is 1.12. The zero-order valence-corrected chi connectivity index (χ0v) is 22.1. The van der Waals surface area contributed by atoms with Gasteiger partial charge in [-0.1, -0.05) is 12.1 Å². The minimum absolute atomic E-state index is 0.0718. The van der Waals surface area contributed by atoms with Gasteiger partial charge >= 0.3 is 0 Å². The van der Waals surface area contributed by atoms with Gasteiger partial charge < -0.3 is 14.8 Å². The molecule has 0 atom stereocenters. The smallest absolute Gasteiger partial charge is 0.251 e. The second kappa shape index (κ2) is 12.2. The molecule has 1 aliphatic heterocycles. The van der Waals surface area contributed by atoms with Crippen molar-refractivity contribution in [2.45, 2.75) is 32.9 Å². The Morgan fingerprint density at radius 1 is 1.03 bits per heavy atom. The number of methoxy groups -OCH3 is 1. The summed E-state index contributed by atoms with van der Waals surface area (Å²) < 4.78 is 13.0. The molecule has 1 aliphatic rings. The molecule has 5 rings (SSSR count). The molecule has 1 fully saturated rings. The molecule has 0 bridgehead atoms. The fourth-order valence-corrected chi connectivity index (χ4v) is 5.04. The van der Waals surface area contributed by atoms with Crippen LogP contribution in [0.4, 0.5) is 0 Å². The highest BCUT2D eigenvalue weighted by Gasteiger charge is 2.21. The van der Waals surface area contributed by atoms with Crippen molar-refractivity contribution in [1.29, 1.82) is 0 Å². The second-order valence-corrected chi connectivity index (χ2v) is 9.92. The summed E-state index contributed by atoms with van der Waals surface area (Å²) in [6.45, 7) is 6.99. The summed E-state index contributed by atoms with van der Waals surface area (Å²) in [5.41, 5.74) is 3.89. The number of hydrogen-bond donors (Lipinski definition) is 1. The van der Waals surface area contributed by atoms with E-state index in [4.69, 9.17) is 14.6 Å². The van der Waals surface area contributed by atoms with E-state index in [-0.39, 0.29) is 5.91 Å². The van der Waals surface area contributed by atoms with Gasteiger partial charge in [0.15, 0.2) is 0 Å². The highest BCUT2D eigenvalue weighted by molar-refractivity contribution is 6.00. The SMILES string of the molecule is COCCNC(=O)c1ccc2nn(CC3CCN(Cc4ccc(Oc5ccncc5)cc4)CC3)cc2c1C. The molecule has 0 spiro atoms. The first kappa shape index (κ1) is 25.9. The lowest BCUT2D eigenvalue weighted by Crippen LogP contribution is -2.34. The number of benzene rings is 2. The Hall–Kier alpha value is -3.75. The van der Waals surface area contributed by atoms with Gasteiger partial charge in [-0.15, -0.1) is 0 Å². The highest BCUT2D eigenvalue weighted by Crippen LogP contribution is 2.25. The average Bonchev–Trinajstić information content (AvgIpc) is 3.35. The Kier molecular flexibility index (Phi) is 8.31. The third-order valence-electron chi connectivity index (χ3n) is 7.21. The molecule has 38 heavy (non-hydrogen) atoms. The lowest BCUT2D eigenvalue weighted by molar-refractivity contribution is 0.0936. The van der Waals surface area contributed by atoms with Crippen LogP contribution in [-0.4, -0.2) is 58.9 Å². The van der Waals surface area contributed by atoms with Crippen LogP contribution in [0.15, 0.2) is 67.1 Å². The van der Waals surface area contributed by atoms with E-state index in [0.29, 0.717) is 24.6 Å². The van der Waals surface area contributed by atoms with Crippen LogP contribution in [0.1, 0.15) is 34.3 Å². The maximum absolute atomic E-state index is 12.6. The molecule has 0 aliphatic carbocycles. The molecule has 1 saturated heterocycles. The van der Waals surface area contributed by atoms with E-state index in [2.05, 4.69) is 38.2 Å².